The van der Waals surface area contributed by atoms with Gasteiger partial charge in [0, 0.05) is 18.7 Å². The molecule has 0 aliphatic rings. The molecule has 4 heteroatoms. The lowest BCUT2D eigenvalue weighted by Gasteiger charge is -2.08. The molecule has 0 saturated heterocycles. The van der Waals surface area contributed by atoms with Crippen LogP contribution < -0.4 is 5.73 Å². The summed E-state index contributed by atoms with van der Waals surface area (Å²) in [6, 6.07) is 0. The smallest absolute Gasteiger partial charge is 0.200 e. The average molecular weight is 155 g/mol. The minimum Gasteiger partial charge on any atom is -0.396 e. The molecule has 0 amide bonds. The zero-order valence-corrected chi connectivity index (χ0v) is 6.78. The zero-order chi connectivity index (χ0) is 8.43. The van der Waals surface area contributed by atoms with Crippen molar-refractivity contribution in [1.82, 2.24) is 9.55 Å². The van der Waals surface area contributed by atoms with Crippen LogP contribution in [-0.4, -0.2) is 21.3 Å². The number of hydrogen-bond acceptors (Lipinski definition) is 3. The summed E-state index contributed by atoms with van der Waals surface area (Å²) in [6.45, 7) is 2.05. The molecule has 1 atom stereocenters. The molecule has 0 bridgehead atoms. The second kappa shape index (κ2) is 2.92. The number of imidazole rings is 1. The Labute approximate surface area is 65.7 Å². The van der Waals surface area contributed by atoms with Crippen LogP contribution in [0.4, 0.5) is 5.95 Å². The van der Waals surface area contributed by atoms with Crippen molar-refractivity contribution in [3.8, 4) is 0 Å². The second-order valence-corrected chi connectivity index (χ2v) is 2.68. The number of aliphatic hydroxyl groups excluding tert-OH is 1. The summed E-state index contributed by atoms with van der Waals surface area (Å²) in [7, 11) is 1.84. The summed E-state index contributed by atoms with van der Waals surface area (Å²) in [5, 5.41) is 8.84. The Morgan fingerprint density at radius 2 is 2.45 bits per heavy atom. The molecule has 1 aromatic heterocycles. The molecule has 1 unspecified atom stereocenters. The van der Waals surface area contributed by atoms with E-state index in [0.717, 1.165) is 5.69 Å². The second-order valence-electron chi connectivity index (χ2n) is 2.68. The van der Waals surface area contributed by atoms with Crippen LogP contribution in [0.1, 0.15) is 18.5 Å². The van der Waals surface area contributed by atoms with Gasteiger partial charge in [-0.1, -0.05) is 6.92 Å². The van der Waals surface area contributed by atoms with Gasteiger partial charge >= 0.3 is 0 Å². The number of anilines is 1. The van der Waals surface area contributed by atoms with E-state index in [9.17, 15) is 0 Å². The molecule has 0 spiro atoms. The van der Waals surface area contributed by atoms with Crippen LogP contribution in [0.25, 0.3) is 0 Å². The van der Waals surface area contributed by atoms with Crippen LogP contribution in [0.2, 0.25) is 0 Å². The van der Waals surface area contributed by atoms with E-state index in [-0.39, 0.29) is 12.5 Å². The van der Waals surface area contributed by atoms with E-state index in [2.05, 4.69) is 4.98 Å². The van der Waals surface area contributed by atoms with Gasteiger partial charge in [0.2, 0.25) is 0 Å². The zero-order valence-electron chi connectivity index (χ0n) is 6.78. The first-order chi connectivity index (χ1) is 5.16. The van der Waals surface area contributed by atoms with Gasteiger partial charge in [0.1, 0.15) is 0 Å². The van der Waals surface area contributed by atoms with E-state index >= 15 is 0 Å². The Bertz CT molecular complexity index is 244. The molecule has 0 aromatic carbocycles. The van der Waals surface area contributed by atoms with Gasteiger partial charge < -0.3 is 15.4 Å². The number of hydrogen-bond donors (Lipinski definition) is 2. The average Bonchev–Trinajstić information content (AvgIpc) is 2.32. The highest BCUT2D eigenvalue weighted by atomic mass is 16.3. The third kappa shape index (κ3) is 1.35. The van der Waals surface area contributed by atoms with Crippen molar-refractivity contribution in [2.45, 2.75) is 12.8 Å². The van der Waals surface area contributed by atoms with E-state index in [1.54, 1.807) is 10.8 Å². The Hall–Kier alpha value is -1.03. The first-order valence-corrected chi connectivity index (χ1v) is 3.54. The van der Waals surface area contributed by atoms with E-state index < -0.39 is 0 Å². The normalized spacial score (nSPS) is 13.4. The van der Waals surface area contributed by atoms with Crippen LogP contribution >= 0.6 is 0 Å². The number of nitrogens with zero attached hydrogens (tertiary/aromatic N) is 2. The number of nitrogen functional groups attached to an aromatic ring is 1. The summed E-state index contributed by atoms with van der Waals surface area (Å²) in [4.78, 5) is 3.91. The van der Waals surface area contributed by atoms with Crippen LogP contribution in [0.15, 0.2) is 6.20 Å². The van der Waals surface area contributed by atoms with Gasteiger partial charge in [0.05, 0.1) is 12.8 Å². The van der Waals surface area contributed by atoms with E-state index in [1.807, 2.05) is 14.0 Å². The van der Waals surface area contributed by atoms with Gasteiger partial charge in [-0.3, -0.25) is 0 Å². The highest BCUT2D eigenvalue weighted by Gasteiger charge is 2.09. The molecule has 62 valence electrons. The van der Waals surface area contributed by atoms with Crippen LogP contribution in [-0.2, 0) is 7.05 Å². The van der Waals surface area contributed by atoms with Crippen molar-refractivity contribution < 1.29 is 5.11 Å². The predicted molar refractivity (Wildman–Crippen MR) is 43.1 cm³/mol. The molecule has 1 aromatic rings. The molecule has 0 saturated carbocycles. The molecule has 3 N–H and O–H groups in total. The molecule has 1 heterocycles. The van der Waals surface area contributed by atoms with Crippen LogP contribution in [0, 0.1) is 0 Å². The summed E-state index contributed by atoms with van der Waals surface area (Å²) in [5.41, 5.74) is 6.47. The summed E-state index contributed by atoms with van der Waals surface area (Å²) in [5.74, 6) is 0.588. The van der Waals surface area contributed by atoms with Gasteiger partial charge in [0.25, 0.3) is 0 Å². The molecule has 0 aliphatic carbocycles. The fourth-order valence-electron chi connectivity index (χ4n) is 0.989. The third-order valence-electron chi connectivity index (χ3n) is 1.84. The SMILES string of the molecule is CC(CO)c1cnc(N)n1C. The number of rotatable bonds is 2. The topological polar surface area (TPSA) is 64.1 Å². The molecule has 11 heavy (non-hydrogen) atoms. The van der Waals surface area contributed by atoms with Gasteiger partial charge in [0.15, 0.2) is 5.95 Å². The quantitative estimate of drug-likeness (QED) is 0.636. The van der Waals surface area contributed by atoms with Gasteiger partial charge in [-0.2, -0.15) is 0 Å². The largest absolute Gasteiger partial charge is 0.396 e. The summed E-state index contributed by atoms with van der Waals surface area (Å²) >= 11 is 0. The van der Waals surface area contributed by atoms with Crippen molar-refractivity contribution in [1.29, 1.82) is 0 Å². The lowest BCUT2D eigenvalue weighted by atomic mass is 10.1. The molecular formula is C7H13N3O. The van der Waals surface area contributed by atoms with Crippen LogP contribution in [0.3, 0.4) is 0 Å². The van der Waals surface area contributed by atoms with Gasteiger partial charge in [-0.05, 0) is 0 Å². The lowest BCUT2D eigenvalue weighted by molar-refractivity contribution is 0.269. The Morgan fingerprint density at radius 3 is 2.82 bits per heavy atom. The summed E-state index contributed by atoms with van der Waals surface area (Å²) < 4.78 is 1.78. The Kier molecular flexibility index (Phi) is 2.14. The predicted octanol–water partition coefficient (Wildman–Crippen LogP) is 0.0981. The van der Waals surface area contributed by atoms with E-state index in [0.29, 0.717) is 5.95 Å². The maximum atomic E-state index is 8.84. The standard InChI is InChI=1S/C7H13N3O/c1-5(4-11)6-3-9-7(8)10(6)2/h3,5,11H,4H2,1-2H3,(H2,8,9). The van der Waals surface area contributed by atoms with E-state index in [4.69, 9.17) is 10.8 Å². The monoisotopic (exact) mass is 155 g/mol. The van der Waals surface area contributed by atoms with Crippen molar-refractivity contribution in [3.63, 3.8) is 0 Å². The maximum absolute atomic E-state index is 8.84. The first-order valence-electron chi connectivity index (χ1n) is 3.54. The molecule has 1 rings (SSSR count). The highest BCUT2D eigenvalue weighted by Crippen LogP contribution is 2.15. The maximum Gasteiger partial charge on any atom is 0.200 e. The molecular weight excluding hydrogens is 142 g/mol. The van der Waals surface area contributed by atoms with Gasteiger partial charge in [-0.15, -0.1) is 0 Å². The Morgan fingerprint density at radius 1 is 1.82 bits per heavy atom. The number of nitrogens with two attached hydrogens (primary N) is 1. The van der Waals surface area contributed by atoms with Crippen molar-refractivity contribution in [2.24, 2.45) is 7.05 Å². The summed E-state index contributed by atoms with van der Waals surface area (Å²) in [6.07, 6.45) is 1.69. The highest BCUT2D eigenvalue weighted by molar-refractivity contribution is 5.23. The molecule has 0 radical (unpaired) electrons. The third-order valence-corrected chi connectivity index (χ3v) is 1.84. The fraction of sp³-hybridized carbons (Fsp3) is 0.571. The van der Waals surface area contributed by atoms with Crippen molar-refractivity contribution in [2.75, 3.05) is 12.3 Å². The lowest BCUT2D eigenvalue weighted by Crippen LogP contribution is -2.06. The minimum absolute atomic E-state index is 0.102. The molecule has 0 aliphatic heterocycles. The van der Waals surface area contributed by atoms with Gasteiger partial charge in [-0.25, -0.2) is 4.98 Å². The van der Waals surface area contributed by atoms with Crippen molar-refractivity contribution in [3.05, 3.63) is 11.9 Å². The fourth-order valence-corrected chi connectivity index (χ4v) is 0.989. The number of aromatic nitrogens is 2. The minimum atomic E-state index is 0.102. The molecule has 0 fully saturated rings. The van der Waals surface area contributed by atoms with Crippen LogP contribution in [0.5, 0.6) is 0 Å². The van der Waals surface area contributed by atoms with E-state index in [1.165, 1.54) is 0 Å². The molecule has 4 nitrogen and oxygen atoms in total. The Balaban J connectivity index is 2.94. The first kappa shape index (κ1) is 8.07. The van der Waals surface area contributed by atoms with Crippen molar-refractivity contribution >= 4 is 5.95 Å². The number of aliphatic hydroxyl groups is 1.